The summed E-state index contributed by atoms with van der Waals surface area (Å²) in [5.41, 5.74) is 9.78. The lowest BCUT2D eigenvalue weighted by Crippen LogP contribution is -1.93. The largest absolute Gasteiger partial charge is 0.456 e. The van der Waals surface area contributed by atoms with Gasteiger partial charge in [0.05, 0.1) is 21.3 Å². The van der Waals surface area contributed by atoms with Crippen LogP contribution in [0.15, 0.2) is 150 Å². The summed E-state index contributed by atoms with van der Waals surface area (Å²) >= 11 is 1.75. The van der Waals surface area contributed by atoms with Crippen molar-refractivity contribution in [2.24, 2.45) is 0 Å². The molecule has 0 aliphatic rings. The molecule has 4 heteroatoms. The van der Waals surface area contributed by atoms with Crippen molar-refractivity contribution >= 4 is 76.1 Å². The smallest absolute Gasteiger partial charge is 0.137 e. The van der Waals surface area contributed by atoms with Gasteiger partial charge in [-0.3, -0.25) is 0 Å². The molecule has 0 atom stereocenters. The van der Waals surface area contributed by atoms with E-state index in [1.165, 1.54) is 38.1 Å². The van der Waals surface area contributed by atoms with E-state index in [4.69, 9.17) is 9.40 Å². The van der Waals surface area contributed by atoms with Crippen LogP contribution in [0, 0.1) is 0 Å². The number of aromatic nitrogens is 2. The molecule has 0 bridgehead atoms. The molecule has 0 fully saturated rings. The Morgan fingerprint density at radius 2 is 1.31 bits per heavy atom. The van der Waals surface area contributed by atoms with Crippen LogP contribution in [-0.2, 0) is 0 Å². The Morgan fingerprint density at radius 3 is 2.16 bits per heavy atom. The van der Waals surface area contributed by atoms with Crippen molar-refractivity contribution < 1.29 is 4.42 Å². The Hall–Kier alpha value is -5.71. The maximum atomic E-state index is 6.43. The first-order valence-electron chi connectivity index (χ1n) is 15.1. The zero-order valence-corrected chi connectivity index (χ0v) is 24.9. The Balaban J connectivity index is 1.24. The summed E-state index contributed by atoms with van der Waals surface area (Å²) in [4.78, 5) is 5.25. The quantitative estimate of drug-likeness (QED) is 0.204. The Labute approximate surface area is 262 Å². The number of hydrogen-bond donors (Lipinski definition) is 0. The number of furan rings is 1. The van der Waals surface area contributed by atoms with Crippen molar-refractivity contribution in [3.05, 3.63) is 146 Å². The highest BCUT2D eigenvalue weighted by atomic mass is 32.1. The van der Waals surface area contributed by atoms with Crippen molar-refractivity contribution in [3.8, 4) is 27.4 Å². The van der Waals surface area contributed by atoms with Crippen molar-refractivity contribution in [1.29, 1.82) is 0 Å². The maximum absolute atomic E-state index is 6.43. The van der Waals surface area contributed by atoms with E-state index in [1.807, 2.05) is 6.07 Å². The van der Waals surface area contributed by atoms with Gasteiger partial charge in [0.1, 0.15) is 16.2 Å². The molecule has 7 aromatic carbocycles. The molecule has 45 heavy (non-hydrogen) atoms. The second-order valence-electron chi connectivity index (χ2n) is 11.6. The van der Waals surface area contributed by atoms with Gasteiger partial charge in [-0.25, -0.2) is 4.98 Å². The molecule has 3 heterocycles. The van der Waals surface area contributed by atoms with Crippen molar-refractivity contribution in [3.63, 3.8) is 0 Å². The van der Waals surface area contributed by atoms with Gasteiger partial charge in [0.15, 0.2) is 0 Å². The molecule has 0 saturated carbocycles. The molecule has 0 N–H and O–H groups in total. The van der Waals surface area contributed by atoms with Crippen molar-refractivity contribution in [1.82, 2.24) is 9.55 Å². The van der Waals surface area contributed by atoms with Crippen LogP contribution < -0.4 is 0 Å². The number of fused-ring (bicyclic) bond motifs is 9. The first-order chi connectivity index (χ1) is 22.3. The molecule has 0 saturated heterocycles. The van der Waals surface area contributed by atoms with Gasteiger partial charge in [0.25, 0.3) is 0 Å². The number of thiazole rings is 1. The zero-order valence-electron chi connectivity index (χ0n) is 24.1. The van der Waals surface area contributed by atoms with E-state index in [0.29, 0.717) is 0 Å². The van der Waals surface area contributed by atoms with Crippen LogP contribution >= 0.6 is 11.3 Å². The van der Waals surface area contributed by atoms with Gasteiger partial charge in [0.2, 0.25) is 0 Å². The highest BCUT2D eigenvalue weighted by Gasteiger charge is 2.20. The molecule has 210 valence electrons. The van der Waals surface area contributed by atoms with E-state index in [-0.39, 0.29) is 0 Å². The third kappa shape index (κ3) is 3.67. The van der Waals surface area contributed by atoms with Crippen LogP contribution in [0.1, 0.15) is 0 Å². The minimum absolute atomic E-state index is 0.892. The van der Waals surface area contributed by atoms with Gasteiger partial charge in [-0.15, -0.1) is 11.3 Å². The third-order valence-corrected chi connectivity index (χ3v) is 10.1. The fraction of sp³-hybridized carbons (Fsp3) is 0. The van der Waals surface area contributed by atoms with Gasteiger partial charge >= 0.3 is 0 Å². The van der Waals surface area contributed by atoms with E-state index in [9.17, 15) is 0 Å². The molecule has 0 unspecified atom stereocenters. The van der Waals surface area contributed by atoms with Crippen LogP contribution in [0.4, 0.5) is 0 Å². The third-order valence-electron chi connectivity index (χ3n) is 9.00. The van der Waals surface area contributed by atoms with Crippen LogP contribution in [0.2, 0.25) is 0 Å². The predicted molar refractivity (Wildman–Crippen MR) is 190 cm³/mol. The molecule has 10 aromatic rings. The fourth-order valence-corrected chi connectivity index (χ4v) is 8.11. The molecule has 0 radical (unpaired) electrons. The lowest BCUT2D eigenvalue weighted by Gasteiger charge is -2.08. The molecular formula is C41H24N2OS. The van der Waals surface area contributed by atoms with Gasteiger partial charge in [-0.2, -0.15) is 0 Å². The molecular weight excluding hydrogens is 569 g/mol. The standard InChI is InChI=1S/C41H24N2OS/c1-3-10-25(11-4-1)28-18-19-30-37(24-28)44-36-21-20-33-40(39(30)36)45-41(42-33)31-16-9-17-34-38(31)32-22-26-12-7-8-13-27(26)23-35(32)43(34)29-14-5-2-6-15-29/h1-24H. The van der Waals surface area contributed by atoms with E-state index in [1.54, 1.807) is 11.3 Å². The van der Waals surface area contributed by atoms with Crippen molar-refractivity contribution in [2.75, 3.05) is 0 Å². The summed E-state index contributed by atoms with van der Waals surface area (Å²) in [6.45, 7) is 0. The average molecular weight is 593 g/mol. The van der Waals surface area contributed by atoms with Gasteiger partial charge < -0.3 is 8.98 Å². The molecule has 0 aliphatic heterocycles. The molecule has 0 aliphatic carbocycles. The Kier molecular flexibility index (Phi) is 5.16. The van der Waals surface area contributed by atoms with E-state index >= 15 is 0 Å². The summed E-state index contributed by atoms with van der Waals surface area (Å²) in [7, 11) is 0. The minimum atomic E-state index is 0.892. The van der Waals surface area contributed by atoms with Crippen LogP contribution in [-0.4, -0.2) is 9.55 Å². The lowest BCUT2D eigenvalue weighted by atomic mass is 10.0. The first kappa shape index (κ1) is 24.7. The van der Waals surface area contributed by atoms with Crippen LogP contribution in [0.25, 0.3) is 92.1 Å². The Morgan fingerprint density at radius 1 is 0.533 bits per heavy atom. The number of benzene rings is 7. The molecule has 0 spiro atoms. The maximum Gasteiger partial charge on any atom is 0.137 e. The predicted octanol–water partition coefficient (Wildman–Crippen LogP) is 11.8. The molecule has 0 amide bonds. The topological polar surface area (TPSA) is 31.0 Å². The van der Waals surface area contributed by atoms with Gasteiger partial charge in [-0.1, -0.05) is 91.0 Å². The van der Waals surface area contributed by atoms with Gasteiger partial charge in [0, 0.05) is 32.8 Å². The lowest BCUT2D eigenvalue weighted by molar-refractivity contribution is 0.669. The second kappa shape index (κ2) is 9.39. The molecule has 3 nitrogen and oxygen atoms in total. The summed E-state index contributed by atoms with van der Waals surface area (Å²) in [5.74, 6) is 0. The first-order valence-corrected chi connectivity index (χ1v) is 15.9. The van der Waals surface area contributed by atoms with E-state index < -0.39 is 0 Å². The average Bonchev–Trinajstić information content (AvgIpc) is 3.79. The highest BCUT2D eigenvalue weighted by molar-refractivity contribution is 7.22. The monoisotopic (exact) mass is 592 g/mol. The molecule has 3 aromatic heterocycles. The van der Waals surface area contributed by atoms with Gasteiger partial charge in [-0.05, 0) is 76.5 Å². The normalized spacial score (nSPS) is 12.0. The van der Waals surface area contributed by atoms with E-state index in [2.05, 4.69) is 144 Å². The summed E-state index contributed by atoms with van der Waals surface area (Å²) in [6, 6.07) is 51.7. The number of rotatable bonds is 3. The van der Waals surface area contributed by atoms with Crippen LogP contribution in [0.5, 0.6) is 0 Å². The van der Waals surface area contributed by atoms with E-state index in [0.717, 1.165) is 54.0 Å². The molecule has 10 rings (SSSR count). The number of para-hydroxylation sites is 1. The zero-order chi connectivity index (χ0) is 29.5. The SMILES string of the molecule is c1ccc(-c2ccc3c(c2)oc2ccc4nc(-c5cccc6c5c5cc7ccccc7cc5n6-c5ccccc5)sc4c23)cc1. The summed E-state index contributed by atoms with van der Waals surface area (Å²) < 4.78 is 9.98. The number of hydrogen-bond acceptors (Lipinski definition) is 3. The highest BCUT2D eigenvalue weighted by Crippen LogP contribution is 2.45. The van der Waals surface area contributed by atoms with Crippen LogP contribution in [0.3, 0.4) is 0 Å². The second-order valence-corrected chi connectivity index (χ2v) is 12.6. The van der Waals surface area contributed by atoms with Crippen molar-refractivity contribution in [2.45, 2.75) is 0 Å². The Bertz CT molecular complexity index is 2750. The number of nitrogens with zero attached hydrogens (tertiary/aromatic N) is 2. The summed E-state index contributed by atoms with van der Waals surface area (Å²) in [5, 5.41) is 8.19. The summed E-state index contributed by atoms with van der Waals surface area (Å²) in [6.07, 6.45) is 0. The minimum Gasteiger partial charge on any atom is -0.456 e. The fourth-order valence-electron chi connectivity index (χ4n) is 6.96.